The fourth-order valence-electron chi connectivity index (χ4n) is 3.86. The molecule has 1 spiro atoms. The van der Waals surface area contributed by atoms with E-state index < -0.39 is 0 Å². The highest BCUT2D eigenvalue weighted by atomic mass is 16.5. The molecule has 94 valence electrons. The smallest absolute Gasteiger partial charge is 0.0979 e. The van der Waals surface area contributed by atoms with Crippen molar-refractivity contribution in [3.63, 3.8) is 0 Å². The Morgan fingerprint density at radius 2 is 2.00 bits per heavy atom. The Balaban J connectivity index is 1.55. The highest BCUT2D eigenvalue weighted by Gasteiger charge is 2.43. The van der Waals surface area contributed by atoms with Crippen LogP contribution in [0.15, 0.2) is 0 Å². The van der Waals surface area contributed by atoms with Crippen molar-refractivity contribution in [3.05, 3.63) is 0 Å². The summed E-state index contributed by atoms with van der Waals surface area (Å²) in [7, 11) is 0. The van der Waals surface area contributed by atoms with E-state index in [0.717, 1.165) is 19.5 Å². The molecule has 3 heteroatoms. The first kappa shape index (κ1) is 11.5. The fourth-order valence-corrected chi connectivity index (χ4v) is 3.86. The highest BCUT2D eigenvalue weighted by Crippen LogP contribution is 2.43. The second kappa shape index (κ2) is 4.59. The minimum atomic E-state index is 0.152. The minimum absolute atomic E-state index is 0.152. The number of rotatable bonds is 2. The van der Waals surface area contributed by atoms with E-state index in [-0.39, 0.29) is 11.6 Å². The van der Waals surface area contributed by atoms with Gasteiger partial charge in [-0.3, -0.25) is 4.90 Å². The number of ether oxygens (including phenoxy) is 1. The molecule has 0 bridgehead atoms. The van der Waals surface area contributed by atoms with Crippen LogP contribution in [-0.4, -0.2) is 35.7 Å². The van der Waals surface area contributed by atoms with E-state index in [1.165, 1.54) is 44.9 Å². The lowest BCUT2D eigenvalue weighted by Crippen LogP contribution is -2.37. The van der Waals surface area contributed by atoms with Crippen molar-refractivity contribution < 1.29 is 4.74 Å². The third-order valence-corrected chi connectivity index (χ3v) is 4.80. The molecular formula is C14H22N2O. The molecule has 3 fully saturated rings. The molecule has 0 amide bonds. The van der Waals surface area contributed by atoms with Crippen molar-refractivity contribution >= 4 is 0 Å². The summed E-state index contributed by atoms with van der Waals surface area (Å²) < 4.78 is 6.31. The van der Waals surface area contributed by atoms with Crippen LogP contribution in [0.1, 0.15) is 51.4 Å². The fraction of sp³-hybridized carbons (Fsp3) is 0.929. The summed E-state index contributed by atoms with van der Waals surface area (Å²) in [6.45, 7) is 2.07. The molecule has 1 saturated carbocycles. The summed E-state index contributed by atoms with van der Waals surface area (Å²) in [4.78, 5) is 2.33. The van der Waals surface area contributed by atoms with Gasteiger partial charge in [-0.15, -0.1) is 0 Å². The van der Waals surface area contributed by atoms with Crippen LogP contribution < -0.4 is 0 Å². The van der Waals surface area contributed by atoms with Gasteiger partial charge >= 0.3 is 0 Å². The predicted octanol–water partition coefficient (Wildman–Crippen LogP) is 2.47. The van der Waals surface area contributed by atoms with E-state index in [1.54, 1.807) is 0 Å². The topological polar surface area (TPSA) is 36.3 Å². The van der Waals surface area contributed by atoms with Crippen molar-refractivity contribution in [1.29, 1.82) is 5.26 Å². The molecule has 0 N–H and O–H groups in total. The first-order chi connectivity index (χ1) is 8.31. The zero-order valence-electron chi connectivity index (χ0n) is 10.5. The van der Waals surface area contributed by atoms with Gasteiger partial charge in [-0.2, -0.15) is 5.26 Å². The molecule has 3 aliphatic rings. The van der Waals surface area contributed by atoms with Gasteiger partial charge in [-0.25, -0.2) is 0 Å². The van der Waals surface area contributed by atoms with Crippen LogP contribution >= 0.6 is 0 Å². The Hall–Kier alpha value is -0.590. The number of hydrogen-bond acceptors (Lipinski definition) is 3. The molecule has 2 atom stereocenters. The summed E-state index contributed by atoms with van der Waals surface area (Å²) in [6.07, 6.45) is 10.3. The lowest BCUT2D eigenvalue weighted by molar-refractivity contribution is -0.0469. The van der Waals surface area contributed by atoms with Gasteiger partial charge in [0.25, 0.3) is 0 Å². The average Bonchev–Trinajstić information content (AvgIpc) is 3.03. The maximum Gasteiger partial charge on any atom is 0.0979 e. The van der Waals surface area contributed by atoms with Crippen molar-refractivity contribution in [2.45, 2.75) is 69.1 Å². The third-order valence-electron chi connectivity index (χ3n) is 4.80. The summed E-state index contributed by atoms with van der Waals surface area (Å²) in [6, 6.07) is 2.57. The molecule has 3 nitrogen and oxygen atoms in total. The van der Waals surface area contributed by atoms with Crippen LogP contribution in [0, 0.1) is 11.3 Å². The van der Waals surface area contributed by atoms with Crippen LogP contribution in [0.3, 0.4) is 0 Å². The molecule has 2 unspecified atom stereocenters. The van der Waals surface area contributed by atoms with E-state index in [1.807, 2.05) is 0 Å². The second-order valence-electron chi connectivity index (χ2n) is 5.95. The van der Waals surface area contributed by atoms with E-state index in [0.29, 0.717) is 6.10 Å². The molecule has 2 aliphatic heterocycles. The summed E-state index contributed by atoms with van der Waals surface area (Å²) in [5, 5.41) is 9.08. The first-order valence-electron chi connectivity index (χ1n) is 7.13. The van der Waals surface area contributed by atoms with Crippen LogP contribution in [0.5, 0.6) is 0 Å². The van der Waals surface area contributed by atoms with Gasteiger partial charge in [-0.1, -0.05) is 12.8 Å². The minimum Gasteiger partial charge on any atom is -0.370 e. The Morgan fingerprint density at radius 1 is 1.18 bits per heavy atom. The third kappa shape index (κ3) is 2.21. The largest absolute Gasteiger partial charge is 0.370 e. The zero-order valence-corrected chi connectivity index (χ0v) is 10.5. The van der Waals surface area contributed by atoms with Crippen LogP contribution in [0.2, 0.25) is 0 Å². The molecule has 3 rings (SSSR count). The van der Waals surface area contributed by atoms with Gasteiger partial charge in [0.05, 0.1) is 23.8 Å². The monoisotopic (exact) mass is 234 g/mol. The van der Waals surface area contributed by atoms with Gasteiger partial charge in [0.15, 0.2) is 0 Å². The quantitative estimate of drug-likeness (QED) is 0.736. The lowest BCUT2D eigenvalue weighted by Gasteiger charge is -2.27. The maximum atomic E-state index is 9.08. The van der Waals surface area contributed by atoms with Crippen molar-refractivity contribution in [3.8, 4) is 6.07 Å². The molecule has 2 saturated heterocycles. The van der Waals surface area contributed by atoms with Gasteiger partial charge in [0, 0.05) is 6.54 Å². The molecule has 1 aliphatic carbocycles. The standard InChI is InChI=1S/C14H22N2O/c15-10-12-4-3-9-16(12)11-13-5-8-14(17-13)6-1-2-7-14/h12-13H,1-9,11H2. The van der Waals surface area contributed by atoms with E-state index in [2.05, 4.69) is 11.0 Å². The SMILES string of the molecule is N#CC1CCCN1CC1CCC2(CCCC2)O1. The molecule has 0 aromatic carbocycles. The van der Waals surface area contributed by atoms with Gasteiger partial charge < -0.3 is 4.74 Å². The molecule has 17 heavy (non-hydrogen) atoms. The van der Waals surface area contributed by atoms with Crippen LogP contribution in [-0.2, 0) is 4.74 Å². The normalized spacial score (nSPS) is 36.6. The summed E-state index contributed by atoms with van der Waals surface area (Å²) in [5.41, 5.74) is 0.243. The molecule has 0 radical (unpaired) electrons. The number of likely N-dealkylation sites (tertiary alicyclic amines) is 1. The van der Waals surface area contributed by atoms with Gasteiger partial charge in [0.2, 0.25) is 0 Å². The summed E-state index contributed by atoms with van der Waals surface area (Å²) >= 11 is 0. The van der Waals surface area contributed by atoms with E-state index >= 15 is 0 Å². The van der Waals surface area contributed by atoms with Gasteiger partial charge in [-0.05, 0) is 45.1 Å². The zero-order chi connectivity index (χ0) is 11.7. The predicted molar refractivity (Wildman–Crippen MR) is 65.5 cm³/mol. The van der Waals surface area contributed by atoms with Crippen molar-refractivity contribution in [2.24, 2.45) is 0 Å². The Morgan fingerprint density at radius 3 is 2.76 bits per heavy atom. The van der Waals surface area contributed by atoms with Crippen molar-refractivity contribution in [2.75, 3.05) is 13.1 Å². The van der Waals surface area contributed by atoms with E-state index in [9.17, 15) is 0 Å². The van der Waals surface area contributed by atoms with E-state index in [4.69, 9.17) is 10.00 Å². The first-order valence-corrected chi connectivity index (χ1v) is 7.13. The maximum absolute atomic E-state index is 9.08. The molecular weight excluding hydrogens is 212 g/mol. The van der Waals surface area contributed by atoms with Crippen LogP contribution in [0.4, 0.5) is 0 Å². The average molecular weight is 234 g/mol. The lowest BCUT2D eigenvalue weighted by atomic mass is 9.98. The van der Waals surface area contributed by atoms with Gasteiger partial charge in [0.1, 0.15) is 0 Å². The molecule has 0 aromatic rings. The highest BCUT2D eigenvalue weighted by molar-refractivity contribution is 4.99. The molecule has 0 aromatic heterocycles. The number of hydrogen-bond donors (Lipinski definition) is 0. The van der Waals surface area contributed by atoms with Crippen molar-refractivity contribution in [1.82, 2.24) is 4.90 Å². The second-order valence-corrected chi connectivity index (χ2v) is 5.95. The Kier molecular flexibility index (Phi) is 3.10. The van der Waals surface area contributed by atoms with Crippen LogP contribution in [0.25, 0.3) is 0 Å². The summed E-state index contributed by atoms with van der Waals surface area (Å²) in [5.74, 6) is 0. The Labute approximate surface area is 104 Å². The number of nitriles is 1. The Bertz CT molecular complexity index is 317. The molecule has 2 heterocycles. The number of nitrogens with zero attached hydrogens (tertiary/aromatic N) is 2.